The number of halogens is 1. The number of hydrogen-bond acceptors (Lipinski definition) is 3. The third-order valence-corrected chi connectivity index (χ3v) is 5.31. The van der Waals surface area contributed by atoms with Crippen LogP contribution in [0.4, 0.5) is 10.1 Å². The van der Waals surface area contributed by atoms with E-state index in [0.717, 1.165) is 43.2 Å². The lowest BCUT2D eigenvalue weighted by atomic mass is 9.86. The first-order chi connectivity index (χ1) is 13.3. The minimum absolute atomic E-state index is 0.00345. The molecule has 0 bridgehead atoms. The smallest absolute Gasteiger partial charge is 0.137 e. The lowest BCUT2D eigenvalue weighted by Crippen LogP contribution is -3.16. The molecule has 0 spiro atoms. The molecule has 152 valence electrons. The molecule has 1 heterocycles. The van der Waals surface area contributed by atoms with Gasteiger partial charge in [-0.05, 0) is 41.3 Å². The third kappa shape index (κ3) is 5.46. The van der Waals surface area contributed by atoms with Crippen molar-refractivity contribution in [3.05, 3.63) is 59.9 Å². The minimum Gasteiger partial charge on any atom is -0.490 e. The van der Waals surface area contributed by atoms with Crippen LogP contribution in [0.15, 0.2) is 48.5 Å². The molecule has 0 amide bonds. The summed E-state index contributed by atoms with van der Waals surface area (Å²) in [7, 11) is 0. The molecule has 0 radical (unpaired) electrons. The zero-order valence-corrected chi connectivity index (χ0v) is 17.1. The number of ether oxygens (including phenoxy) is 1. The zero-order valence-electron chi connectivity index (χ0n) is 17.1. The van der Waals surface area contributed by atoms with Crippen LogP contribution in [0.3, 0.4) is 0 Å². The maximum atomic E-state index is 13.1. The van der Waals surface area contributed by atoms with Crippen molar-refractivity contribution >= 4 is 5.69 Å². The van der Waals surface area contributed by atoms with Crippen LogP contribution in [-0.2, 0) is 5.41 Å². The molecule has 1 fully saturated rings. The van der Waals surface area contributed by atoms with E-state index in [-0.39, 0.29) is 11.2 Å². The minimum atomic E-state index is -0.500. The maximum absolute atomic E-state index is 13.1. The average Bonchev–Trinajstić information content (AvgIpc) is 2.67. The molecule has 0 aliphatic carbocycles. The highest BCUT2D eigenvalue weighted by molar-refractivity contribution is 5.46. The Hall–Kier alpha value is -2.11. The SMILES string of the molecule is CC(C)(C)c1ccccc1OC[C@H](O)C[NH+]1CCN(c2ccc(F)cc2)CC1. The molecule has 1 atom stereocenters. The molecular formula is C23H32FN2O2+. The summed E-state index contributed by atoms with van der Waals surface area (Å²) in [5.41, 5.74) is 2.22. The molecule has 0 unspecified atom stereocenters. The first kappa shape index (κ1) is 20.6. The van der Waals surface area contributed by atoms with E-state index in [0.29, 0.717) is 13.2 Å². The molecule has 1 saturated heterocycles. The number of rotatable bonds is 6. The van der Waals surface area contributed by atoms with Crippen molar-refractivity contribution in [2.45, 2.75) is 32.3 Å². The number of quaternary nitrogens is 1. The number of hydrogen-bond donors (Lipinski definition) is 2. The highest BCUT2D eigenvalue weighted by Gasteiger charge is 2.24. The monoisotopic (exact) mass is 387 g/mol. The second-order valence-corrected chi connectivity index (χ2v) is 8.63. The van der Waals surface area contributed by atoms with E-state index in [1.807, 2.05) is 30.3 Å². The lowest BCUT2D eigenvalue weighted by Gasteiger charge is -2.34. The predicted molar refractivity (Wildman–Crippen MR) is 111 cm³/mol. The van der Waals surface area contributed by atoms with Crippen molar-refractivity contribution in [2.24, 2.45) is 0 Å². The van der Waals surface area contributed by atoms with Crippen molar-refractivity contribution < 1.29 is 19.1 Å². The van der Waals surface area contributed by atoms with E-state index in [2.05, 4.69) is 31.7 Å². The van der Waals surface area contributed by atoms with Gasteiger partial charge in [-0.3, -0.25) is 0 Å². The Kier molecular flexibility index (Phi) is 6.57. The van der Waals surface area contributed by atoms with Crippen LogP contribution in [0.2, 0.25) is 0 Å². The number of nitrogens with one attached hydrogen (secondary N) is 1. The third-order valence-electron chi connectivity index (χ3n) is 5.31. The van der Waals surface area contributed by atoms with Gasteiger partial charge < -0.3 is 19.6 Å². The molecule has 4 nitrogen and oxygen atoms in total. The molecule has 0 saturated carbocycles. The fourth-order valence-corrected chi connectivity index (χ4v) is 3.73. The lowest BCUT2D eigenvalue weighted by molar-refractivity contribution is -0.903. The Bertz CT molecular complexity index is 750. The van der Waals surface area contributed by atoms with Crippen LogP contribution in [-0.4, -0.2) is 50.5 Å². The van der Waals surface area contributed by atoms with Gasteiger partial charge in [-0.1, -0.05) is 39.0 Å². The summed E-state index contributed by atoms with van der Waals surface area (Å²) in [6.45, 7) is 11.2. The molecule has 2 N–H and O–H groups in total. The first-order valence-electron chi connectivity index (χ1n) is 10.1. The van der Waals surface area contributed by atoms with Crippen LogP contribution >= 0.6 is 0 Å². The fourth-order valence-electron chi connectivity index (χ4n) is 3.73. The largest absolute Gasteiger partial charge is 0.490 e. The number of nitrogens with zero attached hydrogens (tertiary/aromatic N) is 1. The van der Waals surface area contributed by atoms with Crippen molar-refractivity contribution in [3.63, 3.8) is 0 Å². The Morgan fingerprint density at radius 3 is 2.36 bits per heavy atom. The normalized spacial score (nSPS) is 16.8. The van der Waals surface area contributed by atoms with Crippen LogP contribution in [0, 0.1) is 5.82 Å². The van der Waals surface area contributed by atoms with E-state index >= 15 is 0 Å². The second kappa shape index (κ2) is 8.93. The van der Waals surface area contributed by atoms with E-state index in [1.54, 1.807) is 0 Å². The average molecular weight is 388 g/mol. The number of anilines is 1. The maximum Gasteiger partial charge on any atom is 0.137 e. The Balaban J connectivity index is 1.46. The number of aliphatic hydroxyl groups is 1. The highest BCUT2D eigenvalue weighted by Crippen LogP contribution is 2.30. The first-order valence-corrected chi connectivity index (χ1v) is 10.1. The van der Waals surface area contributed by atoms with Gasteiger partial charge in [0.15, 0.2) is 0 Å². The molecule has 0 aromatic heterocycles. The molecule has 28 heavy (non-hydrogen) atoms. The molecule has 1 aliphatic rings. The van der Waals surface area contributed by atoms with Gasteiger partial charge in [0, 0.05) is 5.69 Å². The van der Waals surface area contributed by atoms with Crippen molar-refractivity contribution in [3.8, 4) is 5.75 Å². The van der Waals surface area contributed by atoms with Gasteiger partial charge in [0.1, 0.15) is 30.8 Å². The summed E-state index contributed by atoms with van der Waals surface area (Å²) in [6, 6.07) is 14.7. The molecule has 2 aromatic rings. The zero-order chi connectivity index (χ0) is 20.1. The summed E-state index contributed by atoms with van der Waals surface area (Å²) in [5.74, 6) is 0.648. The van der Waals surface area contributed by atoms with E-state index in [1.165, 1.54) is 17.0 Å². The second-order valence-electron chi connectivity index (χ2n) is 8.63. The van der Waals surface area contributed by atoms with Gasteiger partial charge in [0.25, 0.3) is 0 Å². The quantitative estimate of drug-likeness (QED) is 0.799. The molecule has 5 heteroatoms. The van der Waals surface area contributed by atoms with Crippen LogP contribution in [0.1, 0.15) is 26.3 Å². The summed E-state index contributed by atoms with van der Waals surface area (Å²) < 4.78 is 19.0. The Morgan fingerprint density at radius 1 is 1.07 bits per heavy atom. The fraction of sp³-hybridized carbons (Fsp3) is 0.478. The van der Waals surface area contributed by atoms with Gasteiger partial charge in [-0.15, -0.1) is 0 Å². The van der Waals surface area contributed by atoms with Gasteiger partial charge in [0.2, 0.25) is 0 Å². The van der Waals surface area contributed by atoms with Gasteiger partial charge >= 0.3 is 0 Å². The molecule has 1 aliphatic heterocycles. The summed E-state index contributed by atoms with van der Waals surface area (Å²) in [5, 5.41) is 10.5. The molecule has 3 rings (SSSR count). The van der Waals surface area contributed by atoms with Gasteiger partial charge in [-0.25, -0.2) is 4.39 Å². The van der Waals surface area contributed by atoms with E-state index < -0.39 is 6.10 Å². The topological polar surface area (TPSA) is 37.1 Å². The van der Waals surface area contributed by atoms with Crippen LogP contribution in [0.5, 0.6) is 5.75 Å². The highest BCUT2D eigenvalue weighted by atomic mass is 19.1. The number of aliphatic hydroxyl groups excluding tert-OH is 1. The van der Waals surface area contributed by atoms with E-state index in [4.69, 9.17) is 4.74 Å². The number of benzene rings is 2. The summed E-state index contributed by atoms with van der Waals surface area (Å²) in [6.07, 6.45) is -0.500. The van der Waals surface area contributed by atoms with Gasteiger partial charge in [0.05, 0.1) is 26.2 Å². The van der Waals surface area contributed by atoms with Crippen molar-refractivity contribution in [1.29, 1.82) is 0 Å². The molecular weight excluding hydrogens is 355 g/mol. The van der Waals surface area contributed by atoms with Crippen molar-refractivity contribution in [2.75, 3.05) is 44.2 Å². The number of piperazine rings is 1. The summed E-state index contributed by atoms with van der Waals surface area (Å²) in [4.78, 5) is 3.64. The van der Waals surface area contributed by atoms with E-state index in [9.17, 15) is 9.50 Å². The van der Waals surface area contributed by atoms with Crippen LogP contribution in [0.25, 0.3) is 0 Å². The van der Waals surface area contributed by atoms with Crippen molar-refractivity contribution in [1.82, 2.24) is 0 Å². The Labute approximate surface area is 167 Å². The van der Waals surface area contributed by atoms with Crippen LogP contribution < -0.4 is 14.5 Å². The molecule has 2 aromatic carbocycles. The number of para-hydroxylation sites is 1. The standard InChI is InChI=1S/C23H31FN2O2/c1-23(2,3)21-6-4-5-7-22(21)28-17-20(27)16-25-12-14-26(15-13-25)19-10-8-18(24)9-11-19/h4-11,20,27H,12-17H2,1-3H3/p+1/t20-/m1/s1. The Morgan fingerprint density at radius 2 is 1.71 bits per heavy atom. The van der Waals surface area contributed by atoms with Gasteiger partial charge in [-0.2, -0.15) is 0 Å². The predicted octanol–water partition coefficient (Wildman–Crippen LogP) is 2.27. The summed E-state index contributed by atoms with van der Waals surface area (Å²) >= 11 is 0.